The summed E-state index contributed by atoms with van der Waals surface area (Å²) in [5.41, 5.74) is 0.810. The molecule has 31 heavy (non-hydrogen) atoms. The second-order valence-electron chi connectivity index (χ2n) is 7.26. The van der Waals surface area contributed by atoms with Crippen LogP contribution in [0.3, 0.4) is 0 Å². The van der Waals surface area contributed by atoms with E-state index in [1.54, 1.807) is 7.11 Å². The van der Waals surface area contributed by atoms with Gasteiger partial charge in [-0.3, -0.25) is 9.88 Å². The van der Waals surface area contributed by atoms with Crippen LogP contribution in [0.5, 0.6) is 5.75 Å². The van der Waals surface area contributed by atoms with Crippen LogP contribution >= 0.6 is 11.5 Å². The van der Waals surface area contributed by atoms with Gasteiger partial charge in [0.25, 0.3) is 0 Å². The summed E-state index contributed by atoms with van der Waals surface area (Å²) in [7, 11) is 1.67. The number of piperazine rings is 1. The average Bonchev–Trinajstić information content (AvgIpc) is 3.28. The maximum absolute atomic E-state index is 12.7. The van der Waals surface area contributed by atoms with Crippen LogP contribution in [-0.2, 0) is 12.6 Å². The zero-order valence-electron chi connectivity index (χ0n) is 17.0. The van der Waals surface area contributed by atoms with Crippen LogP contribution in [0.2, 0.25) is 0 Å². The van der Waals surface area contributed by atoms with Gasteiger partial charge in [-0.05, 0) is 36.2 Å². The number of rotatable bonds is 6. The van der Waals surface area contributed by atoms with Gasteiger partial charge < -0.3 is 9.64 Å². The molecule has 0 spiro atoms. The molecule has 1 aliphatic heterocycles. The molecule has 0 unspecified atom stereocenters. The van der Waals surface area contributed by atoms with E-state index >= 15 is 0 Å². The van der Waals surface area contributed by atoms with E-state index in [4.69, 9.17) is 4.74 Å². The van der Waals surface area contributed by atoms with Crippen molar-refractivity contribution in [2.45, 2.75) is 12.6 Å². The van der Waals surface area contributed by atoms with Gasteiger partial charge in [0.1, 0.15) is 11.4 Å². The molecule has 1 fully saturated rings. The molecule has 1 aromatic carbocycles. The molecule has 3 heterocycles. The molecule has 4 rings (SSSR count). The molecule has 1 aliphatic rings. The normalized spacial score (nSPS) is 15.3. The van der Waals surface area contributed by atoms with Gasteiger partial charge in [-0.1, -0.05) is 12.1 Å². The number of methoxy groups -OCH3 is 1. The molecular weight excluding hydrogens is 427 g/mol. The number of aromatic nitrogens is 3. The summed E-state index contributed by atoms with van der Waals surface area (Å²) in [6.45, 7) is 4.47. The Hall–Kier alpha value is -2.72. The lowest BCUT2D eigenvalue weighted by Gasteiger charge is -2.34. The van der Waals surface area contributed by atoms with Crippen molar-refractivity contribution in [3.05, 3.63) is 53.9 Å². The first-order chi connectivity index (χ1) is 14.9. The van der Waals surface area contributed by atoms with Crippen LogP contribution in [-0.4, -0.2) is 59.1 Å². The molecule has 10 heteroatoms. The maximum atomic E-state index is 12.7. The van der Waals surface area contributed by atoms with Crippen molar-refractivity contribution in [1.82, 2.24) is 19.2 Å². The first-order valence-electron chi connectivity index (χ1n) is 9.90. The summed E-state index contributed by atoms with van der Waals surface area (Å²) >= 11 is 1.26. The van der Waals surface area contributed by atoms with Crippen molar-refractivity contribution >= 4 is 16.7 Å². The Bertz CT molecular complexity index is 1000. The minimum atomic E-state index is -4.45. The number of ether oxygens (including phenoxy) is 1. The Morgan fingerprint density at radius 3 is 2.58 bits per heavy atom. The Kier molecular flexibility index (Phi) is 6.38. The number of halogens is 3. The molecule has 2 aromatic heterocycles. The third-order valence-corrected chi connectivity index (χ3v) is 6.00. The molecule has 0 aliphatic carbocycles. The van der Waals surface area contributed by atoms with Crippen molar-refractivity contribution in [2.75, 3.05) is 44.7 Å². The van der Waals surface area contributed by atoms with Crippen LogP contribution < -0.4 is 9.64 Å². The van der Waals surface area contributed by atoms with Crippen molar-refractivity contribution in [3.8, 4) is 17.1 Å². The van der Waals surface area contributed by atoms with Crippen molar-refractivity contribution < 1.29 is 17.9 Å². The lowest BCUT2D eigenvalue weighted by atomic mass is 10.1. The van der Waals surface area contributed by atoms with Gasteiger partial charge >= 0.3 is 6.18 Å². The third kappa shape index (κ3) is 5.31. The van der Waals surface area contributed by atoms with Gasteiger partial charge in [-0.25, -0.2) is 0 Å². The lowest BCUT2D eigenvalue weighted by Crippen LogP contribution is -2.47. The molecule has 0 N–H and O–H groups in total. The standard InChI is InChI=1S/C21H22F3N5OS/c1-30-17-4-2-3-15(13-17)7-8-28-9-11-29(12-10-28)20-26-19(27-31-20)16-5-6-18(25-14-16)21(22,23)24/h2-6,13-14H,7-12H2,1H3. The summed E-state index contributed by atoms with van der Waals surface area (Å²) in [6.07, 6.45) is -2.32. The van der Waals surface area contributed by atoms with Gasteiger partial charge in [-0.15, -0.1) is 0 Å². The van der Waals surface area contributed by atoms with Gasteiger partial charge in [0, 0.05) is 56.0 Å². The van der Waals surface area contributed by atoms with E-state index < -0.39 is 11.9 Å². The van der Waals surface area contributed by atoms with Gasteiger partial charge in [0.15, 0.2) is 5.82 Å². The van der Waals surface area contributed by atoms with Crippen LogP contribution in [0.25, 0.3) is 11.4 Å². The maximum Gasteiger partial charge on any atom is 0.433 e. The van der Waals surface area contributed by atoms with E-state index in [1.165, 1.54) is 29.4 Å². The fourth-order valence-electron chi connectivity index (χ4n) is 3.43. The highest BCUT2D eigenvalue weighted by Gasteiger charge is 2.32. The quantitative estimate of drug-likeness (QED) is 0.567. The number of nitrogens with zero attached hydrogens (tertiary/aromatic N) is 5. The number of benzene rings is 1. The summed E-state index contributed by atoms with van der Waals surface area (Å²) in [5.74, 6) is 1.28. The monoisotopic (exact) mass is 449 g/mol. The van der Waals surface area contributed by atoms with E-state index in [0.29, 0.717) is 11.4 Å². The minimum Gasteiger partial charge on any atom is -0.497 e. The zero-order valence-corrected chi connectivity index (χ0v) is 17.8. The van der Waals surface area contributed by atoms with Gasteiger partial charge in [0.2, 0.25) is 5.13 Å². The molecule has 6 nitrogen and oxygen atoms in total. The minimum absolute atomic E-state index is 0.404. The highest BCUT2D eigenvalue weighted by Crippen LogP contribution is 2.29. The average molecular weight is 450 g/mol. The van der Waals surface area contributed by atoms with Crippen molar-refractivity contribution in [1.29, 1.82) is 0 Å². The molecule has 0 saturated carbocycles. The Morgan fingerprint density at radius 2 is 1.90 bits per heavy atom. The molecule has 164 valence electrons. The van der Waals surface area contributed by atoms with Gasteiger partial charge in [-0.2, -0.15) is 22.5 Å². The van der Waals surface area contributed by atoms with E-state index in [1.807, 2.05) is 12.1 Å². The Balaban J connectivity index is 1.31. The number of pyridine rings is 1. The summed E-state index contributed by atoms with van der Waals surface area (Å²) in [5, 5.41) is 0.780. The van der Waals surface area contributed by atoms with Crippen LogP contribution in [0, 0.1) is 0 Å². The molecule has 0 atom stereocenters. The number of alkyl halides is 3. The number of anilines is 1. The fourth-order valence-corrected chi connectivity index (χ4v) is 4.17. The van der Waals surface area contributed by atoms with Crippen molar-refractivity contribution in [2.24, 2.45) is 0 Å². The summed E-state index contributed by atoms with van der Waals surface area (Å²) in [6, 6.07) is 10.4. The molecule has 3 aromatic rings. The summed E-state index contributed by atoms with van der Waals surface area (Å²) in [4.78, 5) is 12.6. The zero-order chi connectivity index (χ0) is 21.8. The fraction of sp³-hybridized carbons (Fsp3) is 0.381. The second-order valence-corrected chi connectivity index (χ2v) is 7.99. The van der Waals surface area contributed by atoms with E-state index in [2.05, 4.69) is 36.3 Å². The second kappa shape index (κ2) is 9.19. The highest BCUT2D eigenvalue weighted by molar-refractivity contribution is 7.09. The molecule has 1 saturated heterocycles. The summed E-state index contributed by atoms with van der Waals surface area (Å²) < 4.78 is 47.6. The molecular formula is C21H22F3N5OS. The first kappa shape index (κ1) is 21.5. The largest absolute Gasteiger partial charge is 0.497 e. The Labute approximate surface area is 182 Å². The Morgan fingerprint density at radius 1 is 1.10 bits per heavy atom. The molecule has 0 amide bonds. The predicted octanol–water partition coefficient (Wildman–Crippen LogP) is 3.99. The third-order valence-electron chi connectivity index (χ3n) is 5.22. The SMILES string of the molecule is COc1cccc(CCN2CCN(c3nc(-c4ccc(C(F)(F)F)nc4)ns3)CC2)c1. The topological polar surface area (TPSA) is 54.4 Å². The first-order valence-corrected chi connectivity index (χ1v) is 10.7. The van der Waals surface area contributed by atoms with Crippen LogP contribution in [0.4, 0.5) is 18.3 Å². The lowest BCUT2D eigenvalue weighted by molar-refractivity contribution is -0.141. The number of hydrogen-bond donors (Lipinski definition) is 0. The molecule has 0 radical (unpaired) electrons. The van der Waals surface area contributed by atoms with Crippen LogP contribution in [0.1, 0.15) is 11.3 Å². The van der Waals surface area contributed by atoms with Gasteiger partial charge in [0.05, 0.1) is 7.11 Å². The molecule has 0 bridgehead atoms. The van der Waals surface area contributed by atoms with E-state index in [9.17, 15) is 13.2 Å². The van der Waals surface area contributed by atoms with Crippen molar-refractivity contribution in [3.63, 3.8) is 0 Å². The highest BCUT2D eigenvalue weighted by atomic mass is 32.1. The predicted molar refractivity (Wildman–Crippen MR) is 113 cm³/mol. The van der Waals surface area contributed by atoms with Crippen LogP contribution in [0.15, 0.2) is 42.6 Å². The van der Waals surface area contributed by atoms with E-state index in [-0.39, 0.29) is 0 Å². The van der Waals surface area contributed by atoms with E-state index in [0.717, 1.165) is 56.1 Å². The number of hydrogen-bond acceptors (Lipinski definition) is 7. The smallest absolute Gasteiger partial charge is 0.433 e.